The highest BCUT2D eigenvalue weighted by molar-refractivity contribution is 5.80. The highest BCUT2D eigenvalue weighted by Crippen LogP contribution is 2.33. The van der Waals surface area contributed by atoms with Crippen LogP contribution >= 0.6 is 0 Å². The summed E-state index contributed by atoms with van der Waals surface area (Å²) in [6, 6.07) is 0. The molecule has 6 nitrogen and oxygen atoms in total. The number of carboxylic acids is 1. The van der Waals surface area contributed by atoms with Gasteiger partial charge in [0.05, 0.1) is 18.1 Å². The van der Waals surface area contributed by atoms with E-state index in [9.17, 15) is 14.7 Å². The van der Waals surface area contributed by atoms with Gasteiger partial charge >= 0.3 is 5.97 Å². The number of ether oxygens (including phenoxy) is 2. The first kappa shape index (κ1) is 19.6. The van der Waals surface area contributed by atoms with Crippen LogP contribution in [0.25, 0.3) is 0 Å². The van der Waals surface area contributed by atoms with Crippen molar-refractivity contribution in [1.82, 2.24) is 4.90 Å². The van der Waals surface area contributed by atoms with Gasteiger partial charge in [-0.3, -0.25) is 9.59 Å². The van der Waals surface area contributed by atoms with Crippen LogP contribution in [0.4, 0.5) is 0 Å². The number of aliphatic carboxylic acids is 1. The molecular formula is C20H33NO5. The van der Waals surface area contributed by atoms with Crippen molar-refractivity contribution in [2.24, 2.45) is 11.8 Å². The van der Waals surface area contributed by atoms with E-state index < -0.39 is 5.97 Å². The van der Waals surface area contributed by atoms with Crippen molar-refractivity contribution in [2.45, 2.75) is 83.0 Å². The van der Waals surface area contributed by atoms with E-state index in [1.807, 2.05) is 11.8 Å². The lowest BCUT2D eigenvalue weighted by Crippen LogP contribution is -2.47. The minimum atomic E-state index is -0.753. The normalized spacial score (nSPS) is 30.1. The molecule has 2 unspecified atom stereocenters. The molecule has 1 saturated carbocycles. The van der Waals surface area contributed by atoms with E-state index in [4.69, 9.17) is 9.47 Å². The van der Waals surface area contributed by atoms with Gasteiger partial charge in [0.25, 0.3) is 5.91 Å². The molecule has 0 aromatic heterocycles. The first-order valence-electron chi connectivity index (χ1n) is 10.3. The predicted octanol–water partition coefficient (Wildman–Crippen LogP) is 2.84. The minimum Gasteiger partial charge on any atom is -0.481 e. The van der Waals surface area contributed by atoms with Crippen LogP contribution in [0.1, 0.15) is 64.7 Å². The Morgan fingerprint density at radius 1 is 1.04 bits per heavy atom. The van der Waals surface area contributed by atoms with Crippen molar-refractivity contribution < 1.29 is 24.2 Å². The molecule has 1 N–H and O–H groups in total. The maximum Gasteiger partial charge on any atom is 0.309 e. The lowest BCUT2D eigenvalue weighted by Gasteiger charge is -2.37. The fraction of sp³-hybridized carbons (Fsp3) is 0.900. The minimum absolute atomic E-state index is 0.0785. The number of hydrogen-bond donors (Lipinski definition) is 1. The van der Waals surface area contributed by atoms with Crippen LogP contribution in [0.15, 0.2) is 0 Å². The molecule has 0 bridgehead atoms. The lowest BCUT2D eigenvalue weighted by atomic mass is 9.84. The highest BCUT2D eigenvalue weighted by atomic mass is 16.5. The van der Waals surface area contributed by atoms with Gasteiger partial charge in [-0.25, -0.2) is 0 Å². The average molecular weight is 367 g/mol. The average Bonchev–Trinajstić information content (AvgIpc) is 3.00. The topological polar surface area (TPSA) is 76.1 Å². The van der Waals surface area contributed by atoms with Crippen LogP contribution in [0.3, 0.4) is 0 Å². The Morgan fingerprint density at radius 3 is 2.31 bits per heavy atom. The van der Waals surface area contributed by atoms with Crippen molar-refractivity contribution >= 4 is 11.9 Å². The number of carbonyl (C=O) groups excluding carboxylic acids is 1. The van der Waals surface area contributed by atoms with Crippen LogP contribution in [0.5, 0.6) is 0 Å². The van der Waals surface area contributed by atoms with Crippen LogP contribution in [0, 0.1) is 11.8 Å². The Hall–Kier alpha value is -1.14. The van der Waals surface area contributed by atoms with Gasteiger partial charge in [0.1, 0.15) is 6.10 Å². The van der Waals surface area contributed by atoms with Crippen LogP contribution in [-0.4, -0.2) is 59.9 Å². The van der Waals surface area contributed by atoms with Gasteiger partial charge in [0.15, 0.2) is 0 Å². The van der Waals surface area contributed by atoms with E-state index in [-0.39, 0.29) is 36.1 Å². The van der Waals surface area contributed by atoms with Gasteiger partial charge in [-0.2, -0.15) is 0 Å². The molecule has 3 atom stereocenters. The molecular weight excluding hydrogens is 334 g/mol. The van der Waals surface area contributed by atoms with Gasteiger partial charge in [-0.1, -0.05) is 25.7 Å². The number of likely N-dealkylation sites (tertiary alicyclic amines) is 1. The summed E-state index contributed by atoms with van der Waals surface area (Å²) in [5.74, 6) is -0.827. The second-order valence-corrected chi connectivity index (χ2v) is 8.12. The Morgan fingerprint density at radius 2 is 1.69 bits per heavy atom. The summed E-state index contributed by atoms with van der Waals surface area (Å²) in [5, 5.41) is 9.34. The van der Waals surface area contributed by atoms with Gasteiger partial charge in [0, 0.05) is 19.7 Å². The first-order valence-corrected chi connectivity index (χ1v) is 10.3. The first-order chi connectivity index (χ1) is 12.6. The van der Waals surface area contributed by atoms with Crippen molar-refractivity contribution in [3.05, 3.63) is 0 Å². The van der Waals surface area contributed by atoms with E-state index in [0.717, 1.165) is 25.7 Å². The summed E-state index contributed by atoms with van der Waals surface area (Å²) in [6.45, 7) is 3.76. The summed E-state index contributed by atoms with van der Waals surface area (Å²) >= 11 is 0. The number of rotatable bonds is 5. The predicted molar refractivity (Wildman–Crippen MR) is 96.8 cm³/mol. The van der Waals surface area contributed by atoms with E-state index in [2.05, 4.69) is 0 Å². The number of amides is 1. The Bertz CT molecular complexity index is 481. The van der Waals surface area contributed by atoms with Gasteiger partial charge in [0.2, 0.25) is 0 Å². The SMILES string of the molecule is CC(OC1CCCCCC1)C(=O)N1CCC([C@@H]2OCCC2C(=O)O)CC1. The summed E-state index contributed by atoms with van der Waals surface area (Å²) in [6.07, 6.45) is 8.95. The molecule has 26 heavy (non-hydrogen) atoms. The van der Waals surface area contributed by atoms with Gasteiger partial charge < -0.3 is 19.5 Å². The third-order valence-electron chi connectivity index (χ3n) is 6.32. The second-order valence-electron chi connectivity index (χ2n) is 8.12. The largest absolute Gasteiger partial charge is 0.481 e. The fourth-order valence-corrected chi connectivity index (χ4v) is 4.77. The van der Waals surface area contributed by atoms with Gasteiger partial charge in [-0.15, -0.1) is 0 Å². The molecule has 0 aromatic rings. The van der Waals surface area contributed by atoms with E-state index in [1.54, 1.807) is 0 Å². The number of nitrogens with zero attached hydrogens (tertiary/aromatic N) is 1. The van der Waals surface area contributed by atoms with Crippen LogP contribution < -0.4 is 0 Å². The third kappa shape index (κ3) is 4.77. The molecule has 6 heteroatoms. The maximum absolute atomic E-state index is 12.7. The number of hydrogen-bond acceptors (Lipinski definition) is 4. The van der Waals surface area contributed by atoms with Crippen molar-refractivity contribution in [3.8, 4) is 0 Å². The summed E-state index contributed by atoms with van der Waals surface area (Å²) in [5.41, 5.74) is 0. The molecule has 2 saturated heterocycles. The van der Waals surface area contributed by atoms with Crippen molar-refractivity contribution in [1.29, 1.82) is 0 Å². The molecule has 0 spiro atoms. The lowest BCUT2D eigenvalue weighted by molar-refractivity contribution is -0.150. The quantitative estimate of drug-likeness (QED) is 0.756. The molecule has 0 radical (unpaired) electrons. The zero-order chi connectivity index (χ0) is 18.5. The summed E-state index contributed by atoms with van der Waals surface area (Å²) < 4.78 is 11.8. The Kier molecular flexibility index (Phi) is 6.92. The summed E-state index contributed by atoms with van der Waals surface area (Å²) in [7, 11) is 0. The van der Waals surface area contributed by atoms with E-state index in [1.165, 1.54) is 25.7 Å². The van der Waals surface area contributed by atoms with Crippen molar-refractivity contribution in [2.75, 3.05) is 19.7 Å². The zero-order valence-electron chi connectivity index (χ0n) is 15.9. The zero-order valence-corrected chi connectivity index (χ0v) is 15.9. The number of carbonyl (C=O) groups is 2. The molecule has 3 fully saturated rings. The monoisotopic (exact) mass is 367 g/mol. The smallest absolute Gasteiger partial charge is 0.309 e. The second kappa shape index (κ2) is 9.18. The Labute approximate surface area is 156 Å². The molecule has 2 aliphatic heterocycles. The maximum atomic E-state index is 12.7. The van der Waals surface area contributed by atoms with Crippen LogP contribution in [0.2, 0.25) is 0 Å². The molecule has 1 amide bonds. The molecule has 148 valence electrons. The number of piperidine rings is 1. The number of carboxylic acid groups (broad SMARTS) is 1. The highest BCUT2D eigenvalue weighted by Gasteiger charge is 2.41. The van der Waals surface area contributed by atoms with Crippen molar-refractivity contribution in [3.63, 3.8) is 0 Å². The van der Waals surface area contributed by atoms with E-state index >= 15 is 0 Å². The standard InChI is InChI=1S/C20H33NO5/c1-14(26-16-6-4-2-3-5-7-16)19(22)21-11-8-15(9-12-21)18-17(20(23)24)10-13-25-18/h14-18H,2-13H2,1H3,(H,23,24)/t14?,17?,18-/m0/s1. The van der Waals surface area contributed by atoms with Crippen LogP contribution in [-0.2, 0) is 19.1 Å². The Balaban J connectivity index is 1.46. The molecule has 0 aromatic carbocycles. The molecule has 3 rings (SSSR count). The molecule has 1 aliphatic carbocycles. The summed E-state index contributed by atoms with van der Waals surface area (Å²) in [4.78, 5) is 26.0. The van der Waals surface area contributed by atoms with Gasteiger partial charge in [-0.05, 0) is 44.9 Å². The molecule has 3 aliphatic rings. The third-order valence-corrected chi connectivity index (χ3v) is 6.32. The molecule has 2 heterocycles. The fourth-order valence-electron chi connectivity index (χ4n) is 4.77. The van der Waals surface area contributed by atoms with E-state index in [0.29, 0.717) is 26.1 Å².